The Morgan fingerprint density at radius 3 is 2.81 bits per heavy atom. The van der Waals surface area contributed by atoms with Crippen LogP contribution in [-0.2, 0) is 0 Å². The van der Waals surface area contributed by atoms with Gasteiger partial charge >= 0.3 is 0 Å². The molecule has 0 aromatic carbocycles. The number of nitrogens with one attached hydrogen (secondary N) is 1. The maximum absolute atomic E-state index is 5.24. The summed E-state index contributed by atoms with van der Waals surface area (Å²) in [6.07, 6.45) is 2.96. The van der Waals surface area contributed by atoms with E-state index in [1.165, 1.54) is 11.3 Å². The van der Waals surface area contributed by atoms with Crippen LogP contribution in [0.3, 0.4) is 0 Å². The van der Waals surface area contributed by atoms with Gasteiger partial charge in [0.2, 0.25) is 0 Å². The molecule has 0 fully saturated rings. The molecule has 0 atom stereocenters. The first kappa shape index (κ1) is 13.6. The van der Waals surface area contributed by atoms with E-state index in [1.807, 2.05) is 24.8 Å². The van der Waals surface area contributed by atoms with Crippen LogP contribution >= 0.6 is 11.8 Å². The van der Waals surface area contributed by atoms with Gasteiger partial charge in [-0.2, -0.15) is 0 Å². The maximum atomic E-state index is 5.24. The molecule has 16 heavy (non-hydrogen) atoms. The third-order valence-corrected chi connectivity index (χ3v) is 3.45. The summed E-state index contributed by atoms with van der Waals surface area (Å²) in [6, 6.07) is 2.03. The van der Waals surface area contributed by atoms with E-state index in [0.717, 1.165) is 31.1 Å². The lowest BCUT2D eigenvalue weighted by Crippen LogP contribution is -2.23. The number of thioether (sulfide) groups is 1. The van der Waals surface area contributed by atoms with Crippen LogP contribution < -0.4 is 5.32 Å². The van der Waals surface area contributed by atoms with Crippen molar-refractivity contribution in [2.75, 3.05) is 39.5 Å². The van der Waals surface area contributed by atoms with E-state index in [4.69, 9.17) is 4.42 Å². The van der Waals surface area contributed by atoms with Crippen LogP contribution in [0.15, 0.2) is 21.6 Å². The molecule has 0 radical (unpaired) electrons. The molecule has 1 rings (SSSR count). The minimum absolute atomic E-state index is 1.03. The zero-order valence-electron chi connectivity index (χ0n) is 10.5. The minimum atomic E-state index is 1.03. The molecule has 0 spiro atoms. The molecule has 0 unspecified atom stereocenters. The van der Waals surface area contributed by atoms with Gasteiger partial charge in [-0.25, -0.2) is 0 Å². The van der Waals surface area contributed by atoms with Crippen LogP contribution in [0.2, 0.25) is 0 Å². The zero-order valence-corrected chi connectivity index (χ0v) is 11.3. The molecule has 0 saturated heterocycles. The highest BCUT2D eigenvalue weighted by Crippen LogP contribution is 2.22. The average Bonchev–Trinajstić information content (AvgIpc) is 2.62. The number of aryl methyl sites for hydroxylation is 1. The van der Waals surface area contributed by atoms with Crippen molar-refractivity contribution in [3.63, 3.8) is 0 Å². The van der Waals surface area contributed by atoms with Gasteiger partial charge < -0.3 is 14.6 Å². The van der Waals surface area contributed by atoms with Gasteiger partial charge in [-0.05, 0) is 46.6 Å². The van der Waals surface area contributed by atoms with Crippen LogP contribution in [0.5, 0.6) is 0 Å². The second-order valence-electron chi connectivity index (χ2n) is 4.10. The molecule has 0 aliphatic heterocycles. The Kier molecular flexibility index (Phi) is 6.61. The Bertz CT molecular complexity index is 286. The topological polar surface area (TPSA) is 28.4 Å². The summed E-state index contributed by atoms with van der Waals surface area (Å²) < 4.78 is 5.24. The molecule has 1 N–H and O–H groups in total. The second kappa shape index (κ2) is 7.76. The van der Waals surface area contributed by atoms with Crippen molar-refractivity contribution >= 4 is 11.8 Å². The van der Waals surface area contributed by atoms with Crippen LogP contribution in [0.1, 0.15) is 12.2 Å². The van der Waals surface area contributed by atoms with Gasteiger partial charge in [0, 0.05) is 17.2 Å². The van der Waals surface area contributed by atoms with Gasteiger partial charge in [0.15, 0.2) is 0 Å². The standard InChI is InChI=1S/C12H22N2OS/c1-11-12(5-9-15-11)16-10-7-13-6-4-8-14(2)3/h5,9,13H,4,6-8,10H2,1-3H3. The summed E-state index contributed by atoms with van der Waals surface area (Å²) in [5.74, 6) is 2.13. The molecular formula is C12H22N2OS. The van der Waals surface area contributed by atoms with Gasteiger partial charge in [0.05, 0.1) is 6.26 Å². The van der Waals surface area contributed by atoms with Crippen LogP contribution in [-0.4, -0.2) is 44.4 Å². The molecule has 0 aliphatic carbocycles. The highest BCUT2D eigenvalue weighted by atomic mass is 32.2. The quantitative estimate of drug-likeness (QED) is 0.559. The summed E-state index contributed by atoms with van der Waals surface area (Å²) >= 11 is 1.85. The van der Waals surface area contributed by atoms with Crippen molar-refractivity contribution in [2.24, 2.45) is 0 Å². The zero-order chi connectivity index (χ0) is 11.8. The Balaban J connectivity index is 1.94. The Morgan fingerprint density at radius 2 is 2.19 bits per heavy atom. The van der Waals surface area contributed by atoms with Gasteiger partial charge in [-0.15, -0.1) is 11.8 Å². The molecule has 0 amide bonds. The SMILES string of the molecule is Cc1occc1SCCNCCCN(C)C. The van der Waals surface area contributed by atoms with Gasteiger partial charge in [0.25, 0.3) is 0 Å². The first-order chi connectivity index (χ1) is 7.70. The normalized spacial score (nSPS) is 11.2. The van der Waals surface area contributed by atoms with Gasteiger partial charge in [0.1, 0.15) is 5.76 Å². The summed E-state index contributed by atoms with van der Waals surface area (Å²) in [4.78, 5) is 3.47. The molecule has 0 aliphatic rings. The second-order valence-corrected chi connectivity index (χ2v) is 5.23. The summed E-state index contributed by atoms with van der Waals surface area (Å²) in [6.45, 7) is 5.32. The predicted molar refractivity (Wildman–Crippen MR) is 70.2 cm³/mol. The number of rotatable bonds is 8. The fourth-order valence-electron chi connectivity index (χ4n) is 1.40. The number of furan rings is 1. The van der Waals surface area contributed by atoms with Crippen molar-refractivity contribution in [3.8, 4) is 0 Å². The summed E-state index contributed by atoms with van der Waals surface area (Å²) in [7, 11) is 4.22. The molecule has 0 saturated carbocycles. The van der Waals surface area contributed by atoms with E-state index in [0.29, 0.717) is 0 Å². The Labute approximate surface area is 103 Å². The number of nitrogens with zero attached hydrogens (tertiary/aromatic N) is 1. The third kappa shape index (κ3) is 5.58. The van der Waals surface area contributed by atoms with Crippen molar-refractivity contribution in [2.45, 2.75) is 18.2 Å². The van der Waals surface area contributed by atoms with E-state index < -0.39 is 0 Å². The first-order valence-corrected chi connectivity index (χ1v) is 6.71. The molecule has 4 heteroatoms. The van der Waals surface area contributed by atoms with Crippen LogP contribution in [0.25, 0.3) is 0 Å². The monoisotopic (exact) mass is 242 g/mol. The molecule has 1 heterocycles. The van der Waals surface area contributed by atoms with Crippen molar-refractivity contribution in [1.82, 2.24) is 10.2 Å². The molecular weight excluding hydrogens is 220 g/mol. The van der Waals surface area contributed by atoms with Crippen molar-refractivity contribution in [1.29, 1.82) is 0 Å². The van der Waals surface area contributed by atoms with Crippen LogP contribution in [0.4, 0.5) is 0 Å². The van der Waals surface area contributed by atoms with Gasteiger partial charge in [-0.3, -0.25) is 0 Å². The fraction of sp³-hybridized carbons (Fsp3) is 0.667. The van der Waals surface area contributed by atoms with Crippen molar-refractivity contribution < 1.29 is 4.42 Å². The fourth-order valence-corrected chi connectivity index (χ4v) is 2.27. The Hall–Kier alpha value is -0.450. The average molecular weight is 242 g/mol. The lowest BCUT2D eigenvalue weighted by atomic mass is 10.4. The van der Waals surface area contributed by atoms with Crippen molar-refractivity contribution in [3.05, 3.63) is 18.1 Å². The summed E-state index contributed by atoms with van der Waals surface area (Å²) in [5, 5.41) is 3.44. The van der Waals surface area contributed by atoms with E-state index in [-0.39, 0.29) is 0 Å². The maximum Gasteiger partial charge on any atom is 0.114 e. The predicted octanol–water partition coefficient (Wildman–Crippen LogP) is 2.22. The first-order valence-electron chi connectivity index (χ1n) is 5.72. The minimum Gasteiger partial charge on any atom is -0.468 e. The highest BCUT2D eigenvalue weighted by Gasteiger charge is 2.00. The smallest absolute Gasteiger partial charge is 0.114 e. The number of hydrogen-bond donors (Lipinski definition) is 1. The lowest BCUT2D eigenvalue weighted by Gasteiger charge is -2.09. The van der Waals surface area contributed by atoms with E-state index in [9.17, 15) is 0 Å². The number of hydrogen-bond acceptors (Lipinski definition) is 4. The molecule has 1 aromatic rings. The van der Waals surface area contributed by atoms with E-state index in [2.05, 4.69) is 24.3 Å². The largest absolute Gasteiger partial charge is 0.468 e. The van der Waals surface area contributed by atoms with Crippen LogP contribution in [0, 0.1) is 6.92 Å². The molecule has 92 valence electrons. The molecule has 0 bridgehead atoms. The van der Waals surface area contributed by atoms with E-state index >= 15 is 0 Å². The third-order valence-electron chi connectivity index (χ3n) is 2.31. The molecule has 1 aromatic heterocycles. The van der Waals surface area contributed by atoms with Gasteiger partial charge in [-0.1, -0.05) is 0 Å². The lowest BCUT2D eigenvalue weighted by molar-refractivity contribution is 0.396. The highest BCUT2D eigenvalue weighted by molar-refractivity contribution is 7.99. The summed E-state index contributed by atoms with van der Waals surface area (Å²) in [5.41, 5.74) is 0. The van der Waals surface area contributed by atoms with E-state index in [1.54, 1.807) is 6.26 Å². The Morgan fingerprint density at radius 1 is 1.38 bits per heavy atom. The molecule has 3 nitrogen and oxygen atoms in total.